The highest BCUT2D eigenvalue weighted by Crippen LogP contribution is 2.20. The zero-order chi connectivity index (χ0) is 22.9. The van der Waals surface area contributed by atoms with Gasteiger partial charge in [0.05, 0.1) is 10.5 Å². The molecule has 0 fully saturated rings. The summed E-state index contributed by atoms with van der Waals surface area (Å²) < 4.78 is 45.0. The van der Waals surface area contributed by atoms with Gasteiger partial charge in [-0.25, -0.2) is 22.4 Å². The summed E-state index contributed by atoms with van der Waals surface area (Å²) in [6.07, 6.45) is 0.725. The Hall–Kier alpha value is -2.53. The summed E-state index contributed by atoms with van der Waals surface area (Å²) in [4.78, 5) is 35.2. The van der Waals surface area contributed by atoms with Crippen molar-refractivity contribution < 1.29 is 31.9 Å². The van der Waals surface area contributed by atoms with Crippen LogP contribution in [0.1, 0.15) is 44.5 Å². The summed E-state index contributed by atoms with van der Waals surface area (Å²) in [5.41, 5.74) is -0.627. The van der Waals surface area contributed by atoms with Gasteiger partial charge >= 0.3 is 12.0 Å². The van der Waals surface area contributed by atoms with Crippen molar-refractivity contribution in [2.45, 2.75) is 39.0 Å². The van der Waals surface area contributed by atoms with E-state index in [1.807, 2.05) is 19.2 Å². The van der Waals surface area contributed by atoms with Crippen LogP contribution in [0.2, 0.25) is 0 Å². The number of esters is 1. The van der Waals surface area contributed by atoms with Crippen LogP contribution in [0.5, 0.6) is 0 Å². The number of benzene rings is 1. The van der Waals surface area contributed by atoms with Gasteiger partial charge in [-0.2, -0.15) is 4.31 Å². The number of urea groups is 1. The number of imide groups is 1. The van der Waals surface area contributed by atoms with E-state index in [9.17, 15) is 27.2 Å². The standard InChI is InChI=1S/C19H28FN3O6S/c1-5-23(6-2)30(27,28)14-7-8-16(20)15(11-14)18(25)29-12-17(24)22-19(26)21-10-9-13(3)4/h7-8,11,13H,5-6,9-10,12H2,1-4H3,(H2,21,22,24,26). The Morgan fingerprint density at radius 2 is 1.80 bits per heavy atom. The first-order valence-corrected chi connectivity index (χ1v) is 11.0. The van der Waals surface area contributed by atoms with Crippen molar-refractivity contribution in [2.24, 2.45) is 5.92 Å². The molecule has 168 valence electrons. The summed E-state index contributed by atoms with van der Waals surface area (Å²) in [6.45, 7) is 7.20. The second-order valence-electron chi connectivity index (χ2n) is 6.79. The largest absolute Gasteiger partial charge is 0.452 e. The molecule has 1 aromatic carbocycles. The van der Waals surface area contributed by atoms with Crippen LogP contribution in [-0.2, 0) is 19.6 Å². The molecule has 30 heavy (non-hydrogen) atoms. The molecule has 0 aliphatic heterocycles. The molecule has 2 N–H and O–H groups in total. The summed E-state index contributed by atoms with van der Waals surface area (Å²) >= 11 is 0. The first kappa shape index (κ1) is 25.5. The van der Waals surface area contributed by atoms with Crippen LogP contribution in [0.15, 0.2) is 23.1 Å². The molecule has 0 saturated heterocycles. The van der Waals surface area contributed by atoms with Crippen molar-refractivity contribution in [3.63, 3.8) is 0 Å². The maximum absolute atomic E-state index is 14.0. The van der Waals surface area contributed by atoms with Crippen LogP contribution < -0.4 is 10.6 Å². The predicted molar refractivity (Wildman–Crippen MR) is 108 cm³/mol. The second-order valence-corrected chi connectivity index (χ2v) is 8.73. The minimum atomic E-state index is -3.91. The third kappa shape index (κ3) is 7.38. The molecule has 3 amide bonds. The van der Waals surface area contributed by atoms with Crippen molar-refractivity contribution in [3.8, 4) is 0 Å². The normalized spacial score (nSPS) is 11.4. The molecular weight excluding hydrogens is 417 g/mol. The van der Waals surface area contributed by atoms with Gasteiger partial charge in [0.25, 0.3) is 5.91 Å². The molecule has 0 heterocycles. The molecular formula is C19H28FN3O6S. The van der Waals surface area contributed by atoms with Crippen LogP contribution in [-0.4, -0.2) is 56.9 Å². The Labute approximate surface area is 176 Å². The monoisotopic (exact) mass is 445 g/mol. The molecule has 0 spiro atoms. The van der Waals surface area contributed by atoms with Gasteiger partial charge in [-0.3, -0.25) is 10.1 Å². The number of sulfonamides is 1. The SMILES string of the molecule is CCN(CC)S(=O)(=O)c1ccc(F)c(C(=O)OCC(=O)NC(=O)NCCC(C)C)c1. The van der Waals surface area contributed by atoms with Gasteiger partial charge in [0.1, 0.15) is 5.82 Å². The van der Waals surface area contributed by atoms with E-state index >= 15 is 0 Å². The van der Waals surface area contributed by atoms with Gasteiger partial charge in [0.15, 0.2) is 6.61 Å². The molecule has 11 heteroatoms. The third-order valence-corrected chi connectivity index (χ3v) is 6.14. The van der Waals surface area contributed by atoms with Crippen LogP contribution >= 0.6 is 0 Å². The van der Waals surface area contributed by atoms with E-state index in [0.717, 1.165) is 28.9 Å². The minimum absolute atomic E-state index is 0.204. The molecule has 0 unspecified atom stereocenters. The van der Waals surface area contributed by atoms with Gasteiger partial charge in [0, 0.05) is 19.6 Å². The Morgan fingerprint density at radius 3 is 2.37 bits per heavy atom. The van der Waals surface area contributed by atoms with Gasteiger partial charge in [-0.05, 0) is 30.5 Å². The quantitative estimate of drug-likeness (QED) is 0.531. The Kier molecular flexibility index (Phi) is 9.86. The Balaban J connectivity index is 2.76. The molecule has 0 aliphatic carbocycles. The number of nitrogens with one attached hydrogen (secondary N) is 2. The van der Waals surface area contributed by atoms with Crippen LogP contribution in [0.25, 0.3) is 0 Å². The summed E-state index contributed by atoms with van der Waals surface area (Å²) in [6, 6.07) is 2.01. The maximum Gasteiger partial charge on any atom is 0.341 e. The van der Waals surface area contributed by atoms with Crippen LogP contribution in [0.3, 0.4) is 0 Å². The van der Waals surface area contributed by atoms with E-state index < -0.39 is 45.9 Å². The average Bonchev–Trinajstić information content (AvgIpc) is 2.66. The topological polar surface area (TPSA) is 122 Å². The highest BCUT2D eigenvalue weighted by molar-refractivity contribution is 7.89. The molecule has 0 aromatic heterocycles. The van der Waals surface area contributed by atoms with E-state index in [4.69, 9.17) is 4.74 Å². The Bertz CT molecular complexity index is 869. The summed E-state index contributed by atoms with van der Waals surface area (Å²) in [5, 5.41) is 4.45. The van der Waals surface area contributed by atoms with Crippen molar-refractivity contribution in [2.75, 3.05) is 26.2 Å². The molecule has 0 saturated carbocycles. The van der Waals surface area contributed by atoms with Gasteiger partial charge in [0.2, 0.25) is 10.0 Å². The third-order valence-electron chi connectivity index (χ3n) is 4.10. The molecule has 0 bridgehead atoms. The van der Waals surface area contributed by atoms with Crippen molar-refractivity contribution in [3.05, 3.63) is 29.6 Å². The maximum atomic E-state index is 14.0. The van der Waals surface area contributed by atoms with E-state index in [1.54, 1.807) is 13.8 Å². The number of carbonyl (C=O) groups is 3. The number of carbonyl (C=O) groups excluding carboxylic acids is 3. The molecule has 0 radical (unpaired) electrons. The molecule has 0 aliphatic rings. The first-order valence-electron chi connectivity index (χ1n) is 9.57. The fourth-order valence-electron chi connectivity index (χ4n) is 2.42. The lowest BCUT2D eigenvalue weighted by atomic mass is 10.1. The van der Waals surface area contributed by atoms with Crippen molar-refractivity contribution >= 4 is 27.9 Å². The zero-order valence-corrected chi connectivity index (χ0v) is 18.3. The van der Waals surface area contributed by atoms with Crippen LogP contribution in [0.4, 0.5) is 9.18 Å². The number of nitrogens with zero attached hydrogens (tertiary/aromatic N) is 1. The fraction of sp³-hybridized carbons (Fsp3) is 0.526. The van der Waals surface area contributed by atoms with Crippen molar-refractivity contribution in [1.29, 1.82) is 0 Å². The lowest BCUT2D eigenvalue weighted by Crippen LogP contribution is -2.42. The molecule has 1 aromatic rings. The van der Waals surface area contributed by atoms with E-state index in [0.29, 0.717) is 12.5 Å². The van der Waals surface area contributed by atoms with Gasteiger partial charge < -0.3 is 10.1 Å². The van der Waals surface area contributed by atoms with E-state index in [2.05, 4.69) is 5.32 Å². The number of rotatable bonds is 10. The zero-order valence-electron chi connectivity index (χ0n) is 17.5. The highest BCUT2D eigenvalue weighted by atomic mass is 32.2. The number of hydrogen-bond donors (Lipinski definition) is 2. The molecule has 9 nitrogen and oxygen atoms in total. The highest BCUT2D eigenvalue weighted by Gasteiger charge is 2.25. The van der Waals surface area contributed by atoms with E-state index in [1.165, 1.54) is 0 Å². The van der Waals surface area contributed by atoms with E-state index in [-0.39, 0.29) is 18.0 Å². The fourth-order valence-corrected chi connectivity index (χ4v) is 3.91. The number of ether oxygens (including phenoxy) is 1. The summed E-state index contributed by atoms with van der Waals surface area (Å²) in [7, 11) is -3.91. The number of amides is 3. The smallest absolute Gasteiger partial charge is 0.341 e. The van der Waals surface area contributed by atoms with Gasteiger partial charge in [-0.1, -0.05) is 27.7 Å². The first-order chi connectivity index (χ1) is 14.0. The predicted octanol–water partition coefficient (Wildman–Crippen LogP) is 1.88. The number of hydrogen-bond acceptors (Lipinski definition) is 6. The second kappa shape index (κ2) is 11.6. The van der Waals surface area contributed by atoms with Gasteiger partial charge in [-0.15, -0.1) is 0 Å². The van der Waals surface area contributed by atoms with Crippen LogP contribution in [0, 0.1) is 11.7 Å². The molecule has 0 atom stereocenters. The summed E-state index contributed by atoms with van der Waals surface area (Å²) in [5.74, 6) is -2.75. The lowest BCUT2D eigenvalue weighted by molar-refractivity contribution is -0.123. The lowest BCUT2D eigenvalue weighted by Gasteiger charge is -2.18. The van der Waals surface area contributed by atoms with Crippen molar-refractivity contribution in [1.82, 2.24) is 14.9 Å². The minimum Gasteiger partial charge on any atom is -0.452 e. The average molecular weight is 446 g/mol. The Morgan fingerprint density at radius 1 is 1.17 bits per heavy atom. The molecule has 1 rings (SSSR count). The number of halogens is 1.